The average Bonchev–Trinajstić information content (AvgIpc) is 2.92. The molecule has 3 aliphatic rings. The fraction of sp³-hybridized carbons (Fsp3) is 1.00. The molecule has 4 atom stereocenters. The summed E-state index contributed by atoms with van der Waals surface area (Å²) in [6, 6.07) is 0. The van der Waals surface area contributed by atoms with E-state index in [1.807, 2.05) is 0 Å². The van der Waals surface area contributed by atoms with Crippen LogP contribution >= 0.6 is 0 Å². The summed E-state index contributed by atoms with van der Waals surface area (Å²) in [5, 5.41) is 9.52. The lowest BCUT2D eigenvalue weighted by Crippen LogP contribution is -2.47. The third-order valence-corrected chi connectivity index (χ3v) is 5.00. The summed E-state index contributed by atoms with van der Waals surface area (Å²) in [5.74, 6) is 0.632. The highest BCUT2D eigenvalue weighted by molar-refractivity contribution is 5.15. The monoisotopic (exact) mass is 196 g/mol. The Morgan fingerprint density at radius 2 is 2.14 bits per heavy atom. The van der Waals surface area contributed by atoms with Crippen LogP contribution in [0.2, 0.25) is 0 Å². The van der Waals surface area contributed by atoms with Crippen molar-refractivity contribution in [3.63, 3.8) is 0 Å². The topological polar surface area (TPSA) is 32.8 Å². The van der Waals surface area contributed by atoms with Gasteiger partial charge in [-0.1, -0.05) is 19.8 Å². The standard InChI is InChI=1S/C12H20O2/c1-11-6-3-2-4-9(11)12(8-13)10(14-12)5-7-11/h9-10,13H,2-8H2,1H3. The van der Waals surface area contributed by atoms with Crippen LogP contribution in [0.25, 0.3) is 0 Å². The molecule has 2 nitrogen and oxygen atoms in total. The Morgan fingerprint density at radius 1 is 1.29 bits per heavy atom. The first-order chi connectivity index (χ1) is 6.71. The van der Waals surface area contributed by atoms with E-state index in [0.717, 1.165) is 0 Å². The highest BCUT2D eigenvalue weighted by atomic mass is 16.6. The van der Waals surface area contributed by atoms with E-state index in [9.17, 15) is 5.11 Å². The Kier molecular flexibility index (Phi) is 1.79. The smallest absolute Gasteiger partial charge is 0.121 e. The summed E-state index contributed by atoms with van der Waals surface area (Å²) in [4.78, 5) is 0. The molecule has 3 rings (SSSR count). The van der Waals surface area contributed by atoms with Gasteiger partial charge in [0.05, 0.1) is 12.7 Å². The molecule has 1 saturated heterocycles. The SMILES string of the molecule is CC12CCCCC1C1(CO)OC1CC2. The van der Waals surface area contributed by atoms with Crippen molar-refractivity contribution >= 4 is 0 Å². The zero-order valence-corrected chi connectivity index (χ0v) is 8.96. The largest absolute Gasteiger partial charge is 0.393 e. The molecule has 80 valence electrons. The molecule has 0 aromatic carbocycles. The summed E-state index contributed by atoms with van der Waals surface area (Å²) in [5.41, 5.74) is 0.363. The van der Waals surface area contributed by atoms with Crippen molar-refractivity contribution in [1.29, 1.82) is 0 Å². The van der Waals surface area contributed by atoms with E-state index in [-0.39, 0.29) is 12.2 Å². The molecule has 3 fully saturated rings. The van der Waals surface area contributed by atoms with E-state index >= 15 is 0 Å². The van der Waals surface area contributed by atoms with Gasteiger partial charge in [-0.05, 0) is 37.0 Å². The van der Waals surface area contributed by atoms with Crippen LogP contribution < -0.4 is 0 Å². The second kappa shape index (κ2) is 2.73. The second-order valence-electron chi connectivity index (χ2n) is 5.71. The van der Waals surface area contributed by atoms with Gasteiger partial charge in [-0.2, -0.15) is 0 Å². The molecule has 4 unspecified atom stereocenters. The van der Waals surface area contributed by atoms with Crippen molar-refractivity contribution in [1.82, 2.24) is 0 Å². The lowest BCUT2D eigenvalue weighted by Gasteiger charge is -2.47. The Balaban J connectivity index is 1.90. The number of rotatable bonds is 1. The van der Waals surface area contributed by atoms with Crippen LogP contribution in [0.15, 0.2) is 0 Å². The fourth-order valence-electron chi connectivity index (χ4n) is 4.08. The maximum absolute atomic E-state index is 9.52. The molecule has 0 spiro atoms. The zero-order valence-electron chi connectivity index (χ0n) is 8.96. The number of hydrogen-bond acceptors (Lipinski definition) is 2. The third kappa shape index (κ3) is 0.989. The van der Waals surface area contributed by atoms with E-state index in [2.05, 4.69) is 6.92 Å². The molecule has 0 bridgehead atoms. The first-order valence-electron chi connectivity index (χ1n) is 6.00. The summed E-state index contributed by atoms with van der Waals surface area (Å²) in [6.07, 6.45) is 8.20. The minimum absolute atomic E-state index is 0.104. The van der Waals surface area contributed by atoms with Crippen LogP contribution in [0, 0.1) is 11.3 Å². The van der Waals surface area contributed by atoms with E-state index in [1.165, 1.54) is 38.5 Å². The van der Waals surface area contributed by atoms with Crippen LogP contribution in [0.5, 0.6) is 0 Å². The van der Waals surface area contributed by atoms with Crippen molar-refractivity contribution in [3.8, 4) is 0 Å². The van der Waals surface area contributed by atoms with Gasteiger partial charge in [0, 0.05) is 0 Å². The Bertz CT molecular complexity index is 249. The lowest BCUT2D eigenvalue weighted by atomic mass is 9.57. The van der Waals surface area contributed by atoms with Crippen molar-refractivity contribution in [3.05, 3.63) is 0 Å². The van der Waals surface area contributed by atoms with Gasteiger partial charge in [0.25, 0.3) is 0 Å². The molecular formula is C12H20O2. The van der Waals surface area contributed by atoms with Crippen LogP contribution in [0.4, 0.5) is 0 Å². The minimum Gasteiger partial charge on any atom is -0.393 e. The van der Waals surface area contributed by atoms with Crippen LogP contribution in [0.1, 0.15) is 45.4 Å². The maximum atomic E-state index is 9.52. The number of hydrogen-bond donors (Lipinski definition) is 1. The molecule has 0 amide bonds. The van der Waals surface area contributed by atoms with E-state index in [1.54, 1.807) is 0 Å². The van der Waals surface area contributed by atoms with E-state index in [0.29, 0.717) is 17.4 Å². The summed E-state index contributed by atoms with van der Waals surface area (Å²) >= 11 is 0. The van der Waals surface area contributed by atoms with E-state index in [4.69, 9.17) is 4.74 Å². The van der Waals surface area contributed by atoms with Crippen LogP contribution in [-0.2, 0) is 4.74 Å². The third-order valence-electron chi connectivity index (χ3n) is 5.00. The first-order valence-corrected chi connectivity index (χ1v) is 6.00. The molecule has 2 saturated carbocycles. The number of aliphatic hydroxyl groups excluding tert-OH is 1. The van der Waals surface area contributed by atoms with Gasteiger partial charge in [0.2, 0.25) is 0 Å². The molecule has 0 aromatic rings. The van der Waals surface area contributed by atoms with Crippen molar-refractivity contribution in [2.24, 2.45) is 11.3 Å². The fourth-order valence-corrected chi connectivity index (χ4v) is 4.08. The predicted octanol–water partition coefficient (Wildman–Crippen LogP) is 2.11. The Hall–Kier alpha value is -0.0800. The molecule has 0 radical (unpaired) electrons. The van der Waals surface area contributed by atoms with Gasteiger partial charge in [0.1, 0.15) is 5.60 Å². The van der Waals surface area contributed by atoms with Gasteiger partial charge in [0.15, 0.2) is 0 Å². The quantitative estimate of drug-likeness (QED) is 0.651. The van der Waals surface area contributed by atoms with Gasteiger partial charge in [-0.15, -0.1) is 0 Å². The maximum Gasteiger partial charge on any atom is 0.121 e. The number of ether oxygens (including phenoxy) is 1. The van der Waals surface area contributed by atoms with Gasteiger partial charge in [-0.3, -0.25) is 0 Å². The highest BCUT2D eigenvalue weighted by Crippen LogP contribution is 2.62. The minimum atomic E-state index is -0.104. The van der Waals surface area contributed by atoms with Crippen LogP contribution in [0.3, 0.4) is 0 Å². The molecule has 1 N–H and O–H groups in total. The number of aliphatic hydroxyl groups is 1. The van der Waals surface area contributed by atoms with Gasteiger partial charge >= 0.3 is 0 Å². The average molecular weight is 196 g/mol. The molecule has 14 heavy (non-hydrogen) atoms. The van der Waals surface area contributed by atoms with Gasteiger partial charge in [-0.25, -0.2) is 0 Å². The normalized spacial score (nSPS) is 56.1. The highest BCUT2D eigenvalue weighted by Gasteiger charge is 2.67. The number of epoxide rings is 1. The molecule has 2 aliphatic carbocycles. The summed E-state index contributed by atoms with van der Waals surface area (Å²) in [6.45, 7) is 2.66. The number of fused-ring (bicyclic) bond motifs is 3. The van der Waals surface area contributed by atoms with Crippen LogP contribution in [-0.4, -0.2) is 23.4 Å². The van der Waals surface area contributed by atoms with E-state index < -0.39 is 0 Å². The molecule has 0 aromatic heterocycles. The Morgan fingerprint density at radius 3 is 2.93 bits per heavy atom. The second-order valence-corrected chi connectivity index (χ2v) is 5.71. The first kappa shape index (κ1) is 9.17. The Labute approximate surface area is 85.6 Å². The molecule has 1 aliphatic heterocycles. The van der Waals surface area contributed by atoms with Crippen molar-refractivity contribution < 1.29 is 9.84 Å². The van der Waals surface area contributed by atoms with Gasteiger partial charge < -0.3 is 9.84 Å². The lowest BCUT2D eigenvalue weighted by molar-refractivity contribution is -0.000533. The summed E-state index contributed by atoms with van der Waals surface area (Å²) in [7, 11) is 0. The zero-order chi connectivity index (χ0) is 9.81. The molecular weight excluding hydrogens is 176 g/mol. The van der Waals surface area contributed by atoms with Crippen molar-refractivity contribution in [2.45, 2.75) is 57.2 Å². The summed E-state index contributed by atoms with van der Waals surface area (Å²) < 4.78 is 5.80. The van der Waals surface area contributed by atoms with Crippen molar-refractivity contribution in [2.75, 3.05) is 6.61 Å². The predicted molar refractivity (Wildman–Crippen MR) is 54.0 cm³/mol. The molecule has 2 heteroatoms. The molecule has 1 heterocycles.